The molecular weight excluding hydrogens is 212 g/mol. The van der Waals surface area contributed by atoms with Crippen LogP contribution in [0.4, 0.5) is 11.4 Å². The molecule has 15 heavy (non-hydrogen) atoms. The van der Waals surface area contributed by atoms with Crippen molar-refractivity contribution < 1.29 is 5.11 Å². The number of alkyl halides is 1. The zero-order valence-corrected chi connectivity index (χ0v) is 9.83. The van der Waals surface area contributed by atoms with Crippen molar-refractivity contribution in [3.05, 3.63) is 24.3 Å². The van der Waals surface area contributed by atoms with Gasteiger partial charge in [0.2, 0.25) is 0 Å². The molecule has 0 aliphatic rings. The summed E-state index contributed by atoms with van der Waals surface area (Å²) in [6.45, 7) is 0.473. The van der Waals surface area contributed by atoms with Gasteiger partial charge >= 0.3 is 0 Å². The average Bonchev–Trinajstić information content (AvgIpc) is 2.26. The summed E-state index contributed by atoms with van der Waals surface area (Å²) < 4.78 is 0. The van der Waals surface area contributed by atoms with Crippen LogP contribution in [0.1, 0.15) is 0 Å². The van der Waals surface area contributed by atoms with Crippen LogP contribution in [0.15, 0.2) is 24.3 Å². The molecule has 1 aromatic rings. The van der Waals surface area contributed by atoms with Gasteiger partial charge < -0.3 is 15.3 Å². The molecular formula is C11H17ClN2O. The van der Waals surface area contributed by atoms with Crippen molar-refractivity contribution >= 4 is 23.0 Å². The third-order valence-electron chi connectivity index (χ3n) is 2.08. The molecule has 1 aromatic carbocycles. The molecule has 0 bridgehead atoms. The maximum absolute atomic E-state index is 9.29. The highest BCUT2D eigenvalue weighted by atomic mass is 35.5. The van der Waals surface area contributed by atoms with Gasteiger partial charge in [0.1, 0.15) is 0 Å². The van der Waals surface area contributed by atoms with E-state index in [1.54, 1.807) is 0 Å². The highest BCUT2D eigenvalue weighted by Gasteiger charge is 2.02. The first-order valence-corrected chi connectivity index (χ1v) is 5.42. The number of nitrogens with one attached hydrogen (secondary N) is 1. The number of rotatable bonds is 5. The fourth-order valence-corrected chi connectivity index (χ4v) is 1.29. The summed E-state index contributed by atoms with van der Waals surface area (Å²) in [7, 11) is 3.99. The van der Waals surface area contributed by atoms with Crippen molar-refractivity contribution in [3.63, 3.8) is 0 Å². The van der Waals surface area contributed by atoms with Crippen LogP contribution in [0.25, 0.3) is 0 Å². The Labute approximate surface area is 95.7 Å². The van der Waals surface area contributed by atoms with Crippen LogP contribution in [0.2, 0.25) is 0 Å². The maximum Gasteiger partial charge on any atom is 0.0847 e. The Balaban J connectivity index is 2.58. The van der Waals surface area contributed by atoms with E-state index in [0.29, 0.717) is 6.54 Å². The molecule has 0 amide bonds. The Kier molecular flexibility index (Phi) is 4.72. The van der Waals surface area contributed by atoms with Crippen molar-refractivity contribution in [2.45, 2.75) is 6.10 Å². The van der Waals surface area contributed by atoms with Crippen LogP contribution in [-0.4, -0.2) is 37.7 Å². The zero-order valence-electron chi connectivity index (χ0n) is 9.07. The number of aliphatic hydroxyl groups is 1. The van der Waals surface area contributed by atoms with E-state index in [2.05, 4.69) is 5.32 Å². The molecule has 0 fully saturated rings. The van der Waals surface area contributed by atoms with Crippen LogP contribution in [0.3, 0.4) is 0 Å². The van der Waals surface area contributed by atoms with E-state index in [9.17, 15) is 5.11 Å². The predicted molar refractivity (Wildman–Crippen MR) is 66.0 cm³/mol. The van der Waals surface area contributed by atoms with E-state index in [0.717, 1.165) is 11.4 Å². The summed E-state index contributed by atoms with van der Waals surface area (Å²) in [5.41, 5.74) is 2.12. The predicted octanol–water partition coefficient (Wildman–Crippen LogP) is 1.76. The molecule has 84 valence electrons. The van der Waals surface area contributed by atoms with Gasteiger partial charge in [0.05, 0.1) is 12.0 Å². The third kappa shape index (κ3) is 3.98. The Morgan fingerprint density at radius 1 is 1.47 bits per heavy atom. The lowest BCUT2D eigenvalue weighted by Gasteiger charge is -2.15. The van der Waals surface area contributed by atoms with Gasteiger partial charge in [-0.05, 0) is 18.2 Å². The number of nitrogens with zero attached hydrogens (tertiary/aromatic N) is 1. The largest absolute Gasteiger partial charge is 0.390 e. The van der Waals surface area contributed by atoms with Gasteiger partial charge in [-0.3, -0.25) is 0 Å². The third-order valence-corrected chi connectivity index (χ3v) is 2.44. The zero-order chi connectivity index (χ0) is 11.3. The molecule has 0 aromatic heterocycles. The lowest BCUT2D eigenvalue weighted by atomic mass is 10.2. The molecule has 1 atom stereocenters. The van der Waals surface area contributed by atoms with Crippen molar-refractivity contribution in [3.8, 4) is 0 Å². The first-order valence-electron chi connectivity index (χ1n) is 4.88. The molecule has 2 N–H and O–H groups in total. The minimum atomic E-state index is -0.505. The van der Waals surface area contributed by atoms with E-state index in [-0.39, 0.29) is 5.88 Å². The SMILES string of the molecule is CN(C)c1cccc(NCC(O)CCl)c1. The molecule has 0 aliphatic heterocycles. The van der Waals surface area contributed by atoms with Gasteiger partial charge in [-0.15, -0.1) is 11.6 Å². The van der Waals surface area contributed by atoms with Gasteiger partial charge in [0.25, 0.3) is 0 Å². The van der Waals surface area contributed by atoms with Crippen molar-refractivity contribution in [1.82, 2.24) is 0 Å². The fourth-order valence-electron chi connectivity index (χ4n) is 1.18. The van der Waals surface area contributed by atoms with Crippen LogP contribution < -0.4 is 10.2 Å². The quantitative estimate of drug-likeness (QED) is 0.754. The van der Waals surface area contributed by atoms with Crippen molar-refractivity contribution in [2.75, 3.05) is 36.7 Å². The number of benzene rings is 1. The molecule has 0 aliphatic carbocycles. The first-order chi connectivity index (χ1) is 7.13. The van der Waals surface area contributed by atoms with Crippen molar-refractivity contribution in [2.24, 2.45) is 0 Å². The van der Waals surface area contributed by atoms with E-state index >= 15 is 0 Å². The summed E-state index contributed by atoms with van der Waals surface area (Å²) in [6, 6.07) is 8.00. The van der Waals surface area contributed by atoms with Crippen LogP contribution in [0.5, 0.6) is 0 Å². The van der Waals surface area contributed by atoms with E-state index < -0.39 is 6.10 Å². The molecule has 1 unspecified atom stereocenters. The number of halogens is 1. The number of hydrogen-bond donors (Lipinski definition) is 2. The molecule has 0 spiro atoms. The standard InChI is InChI=1S/C11H17ClN2O/c1-14(2)10-5-3-4-9(6-10)13-8-11(15)7-12/h3-6,11,13,15H,7-8H2,1-2H3. The molecule has 0 radical (unpaired) electrons. The Morgan fingerprint density at radius 3 is 2.80 bits per heavy atom. The fraction of sp³-hybridized carbons (Fsp3) is 0.455. The van der Waals surface area contributed by atoms with Gasteiger partial charge in [0.15, 0.2) is 0 Å². The molecule has 4 heteroatoms. The smallest absolute Gasteiger partial charge is 0.0847 e. The minimum absolute atomic E-state index is 0.250. The highest BCUT2D eigenvalue weighted by molar-refractivity contribution is 6.18. The molecule has 0 saturated carbocycles. The topological polar surface area (TPSA) is 35.5 Å². The molecule has 3 nitrogen and oxygen atoms in total. The normalized spacial score (nSPS) is 12.3. The Hall–Kier alpha value is -0.930. The summed E-state index contributed by atoms with van der Waals surface area (Å²) in [6.07, 6.45) is -0.505. The second kappa shape index (κ2) is 5.83. The monoisotopic (exact) mass is 228 g/mol. The molecule has 1 rings (SSSR count). The van der Waals surface area contributed by atoms with E-state index in [1.165, 1.54) is 0 Å². The summed E-state index contributed by atoms with van der Waals surface area (Å²) in [4.78, 5) is 2.03. The number of anilines is 2. The second-order valence-electron chi connectivity index (χ2n) is 3.63. The Bertz CT molecular complexity index is 304. The van der Waals surface area contributed by atoms with Gasteiger partial charge in [0, 0.05) is 32.0 Å². The lowest BCUT2D eigenvalue weighted by molar-refractivity contribution is 0.211. The van der Waals surface area contributed by atoms with Crippen LogP contribution in [-0.2, 0) is 0 Å². The van der Waals surface area contributed by atoms with Gasteiger partial charge in [-0.1, -0.05) is 6.07 Å². The van der Waals surface area contributed by atoms with Crippen LogP contribution in [0, 0.1) is 0 Å². The van der Waals surface area contributed by atoms with Gasteiger partial charge in [-0.25, -0.2) is 0 Å². The minimum Gasteiger partial charge on any atom is -0.390 e. The van der Waals surface area contributed by atoms with E-state index in [4.69, 9.17) is 11.6 Å². The first kappa shape index (κ1) is 12.1. The number of aliphatic hydroxyl groups excluding tert-OH is 1. The highest BCUT2D eigenvalue weighted by Crippen LogP contribution is 2.17. The lowest BCUT2D eigenvalue weighted by Crippen LogP contribution is -2.20. The molecule has 0 heterocycles. The number of hydrogen-bond acceptors (Lipinski definition) is 3. The van der Waals surface area contributed by atoms with Crippen LogP contribution >= 0.6 is 11.6 Å². The Morgan fingerprint density at radius 2 is 2.20 bits per heavy atom. The average molecular weight is 229 g/mol. The maximum atomic E-state index is 9.29. The second-order valence-corrected chi connectivity index (χ2v) is 3.94. The summed E-state index contributed by atoms with van der Waals surface area (Å²) in [5, 5.41) is 12.4. The van der Waals surface area contributed by atoms with Gasteiger partial charge in [-0.2, -0.15) is 0 Å². The summed E-state index contributed by atoms with van der Waals surface area (Å²) >= 11 is 5.50. The summed E-state index contributed by atoms with van der Waals surface area (Å²) in [5.74, 6) is 0.250. The van der Waals surface area contributed by atoms with Crippen molar-refractivity contribution in [1.29, 1.82) is 0 Å². The van der Waals surface area contributed by atoms with E-state index in [1.807, 2.05) is 43.3 Å². The molecule has 0 saturated heterocycles.